The zero-order chi connectivity index (χ0) is 14.2. The van der Waals surface area contributed by atoms with Gasteiger partial charge < -0.3 is 10.3 Å². The highest BCUT2D eigenvalue weighted by molar-refractivity contribution is 6.37. The number of hydrogen-bond donors (Lipinski definition) is 1. The Morgan fingerprint density at radius 2 is 1.95 bits per heavy atom. The van der Waals surface area contributed by atoms with Crippen molar-refractivity contribution in [2.45, 2.75) is 27.2 Å². The zero-order valence-corrected chi connectivity index (χ0v) is 12.5. The molecule has 4 nitrogen and oxygen atoms in total. The van der Waals surface area contributed by atoms with Gasteiger partial charge in [0, 0.05) is 11.4 Å². The number of rotatable bonds is 2. The molecule has 0 saturated carbocycles. The average Bonchev–Trinajstić information content (AvgIpc) is 2.69. The molecule has 0 aliphatic carbocycles. The first kappa shape index (κ1) is 14.2. The minimum absolute atomic E-state index is 0.0820. The maximum Gasteiger partial charge on any atom is 0.260 e. The van der Waals surface area contributed by atoms with Crippen molar-refractivity contribution >= 4 is 28.9 Å². The number of aromatic nitrogens is 2. The molecular formula is C13H15Cl2N3O. The fraction of sp³-hybridized carbons (Fsp3) is 0.385. The smallest absolute Gasteiger partial charge is 0.260 e. The lowest BCUT2D eigenvalue weighted by atomic mass is 9.92. The second-order valence-electron chi connectivity index (χ2n) is 5.60. The monoisotopic (exact) mass is 299 g/mol. The Bertz CT molecular complexity index is 602. The maximum absolute atomic E-state index is 5.98. The van der Waals surface area contributed by atoms with Gasteiger partial charge in [-0.3, -0.25) is 0 Å². The van der Waals surface area contributed by atoms with E-state index < -0.39 is 0 Å². The summed E-state index contributed by atoms with van der Waals surface area (Å²) in [5.41, 5.74) is 6.93. The molecule has 0 bridgehead atoms. The second-order valence-corrected chi connectivity index (χ2v) is 6.45. The van der Waals surface area contributed by atoms with Gasteiger partial charge in [-0.15, -0.1) is 0 Å². The largest absolute Gasteiger partial charge is 0.397 e. The summed E-state index contributed by atoms with van der Waals surface area (Å²) in [5.74, 6) is 0.971. The number of nitrogen functional groups attached to an aromatic ring is 1. The molecule has 2 rings (SSSR count). The normalized spacial score (nSPS) is 11.8. The number of nitrogens with two attached hydrogens (primary N) is 1. The van der Waals surface area contributed by atoms with Crippen LogP contribution in [-0.4, -0.2) is 10.1 Å². The van der Waals surface area contributed by atoms with Crippen LogP contribution in [0.15, 0.2) is 16.7 Å². The first-order valence-electron chi connectivity index (χ1n) is 5.84. The summed E-state index contributed by atoms with van der Waals surface area (Å²) in [5, 5.41) is 4.80. The molecule has 0 unspecified atom stereocenters. The minimum Gasteiger partial charge on any atom is -0.397 e. The number of anilines is 1. The van der Waals surface area contributed by atoms with Gasteiger partial charge in [-0.1, -0.05) is 49.1 Å². The third-order valence-electron chi connectivity index (χ3n) is 2.48. The third kappa shape index (κ3) is 3.39. The zero-order valence-electron chi connectivity index (χ0n) is 11.0. The van der Waals surface area contributed by atoms with Crippen molar-refractivity contribution in [3.63, 3.8) is 0 Å². The molecule has 0 atom stereocenters. The summed E-state index contributed by atoms with van der Waals surface area (Å²) < 4.78 is 5.23. The minimum atomic E-state index is 0.0820. The molecule has 0 saturated heterocycles. The molecule has 0 radical (unpaired) electrons. The molecule has 0 aliphatic rings. The topological polar surface area (TPSA) is 64.9 Å². The highest BCUT2D eigenvalue weighted by Gasteiger charge is 2.19. The van der Waals surface area contributed by atoms with Crippen LogP contribution in [0.2, 0.25) is 10.0 Å². The van der Waals surface area contributed by atoms with E-state index >= 15 is 0 Å². The van der Waals surface area contributed by atoms with Crippen molar-refractivity contribution in [1.29, 1.82) is 0 Å². The molecule has 1 aromatic heterocycles. The van der Waals surface area contributed by atoms with E-state index in [1.807, 2.05) is 0 Å². The van der Waals surface area contributed by atoms with Gasteiger partial charge in [0.05, 0.1) is 16.3 Å². The quantitative estimate of drug-likeness (QED) is 0.844. The van der Waals surface area contributed by atoms with E-state index in [-0.39, 0.29) is 5.41 Å². The molecular weight excluding hydrogens is 285 g/mol. The van der Waals surface area contributed by atoms with Crippen molar-refractivity contribution in [3.05, 3.63) is 28.0 Å². The van der Waals surface area contributed by atoms with Crippen LogP contribution in [0.3, 0.4) is 0 Å². The van der Waals surface area contributed by atoms with Crippen LogP contribution in [0.25, 0.3) is 11.5 Å². The van der Waals surface area contributed by atoms with Crippen molar-refractivity contribution in [1.82, 2.24) is 10.1 Å². The van der Waals surface area contributed by atoms with E-state index in [9.17, 15) is 0 Å². The lowest BCUT2D eigenvalue weighted by Gasteiger charge is -2.14. The summed E-state index contributed by atoms with van der Waals surface area (Å²) in [6.07, 6.45) is 0.713. The van der Waals surface area contributed by atoms with Crippen molar-refractivity contribution in [2.75, 3.05) is 5.73 Å². The summed E-state index contributed by atoms with van der Waals surface area (Å²) in [6.45, 7) is 6.31. The van der Waals surface area contributed by atoms with Crippen LogP contribution in [0.1, 0.15) is 26.6 Å². The van der Waals surface area contributed by atoms with Gasteiger partial charge in [0.1, 0.15) is 0 Å². The lowest BCUT2D eigenvalue weighted by molar-refractivity contribution is 0.374. The highest BCUT2D eigenvalue weighted by Crippen LogP contribution is 2.34. The Morgan fingerprint density at radius 3 is 2.58 bits per heavy atom. The lowest BCUT2D eigenvalue weighted by Crippen LogP contribution is -2.10. The number of halogens is 2. The SMILES string of the molecule is CC(C)(C)Cc1noc(-c2cc(Cl)cc(Cl)c2N)n1. The van der Waals surface area contributed by atoms with Crippen molar-refractivity contribution < 1.29 is 4.52 Å². The summed E-state index contributed by atoms with van der Waals surface area (Å²) in [6, 6.07) is 3.24. The average molecular weight is 300 g/mol. The van der Waals surface area contributed by atoms with E-state index in [4.69, 9.17) is 33.5 Å². The van der Waals surface area contributed by atoms with E-state index in [0.29, 0.717) is 39.4 Å². The molecule has 0 amide bonds. The van der Waals surface area contributed by atoms with Crippen LogP contribution in [-0.2, 0) is 6.42 Å². The summed E-state index contributed by atoms with van der Waals surface area (Å²) in [4.78, 5) is 4.33. The third-order valence-corrected chi connectivity index (χ3v) is 3.01. The van der Waals surface area contributed by atoms with Gasteiger partial charge in [-0.05, 0) is 17.5 Å². The fourth-order valence-corrected chi connectivity index (χ4v) is 2.16. The fourth-order valence-electron chi connectivity index (χ4n) is 1.67. The number of benzene rings is 1. The molecule has 0 spiro atoms. The van der Waals surface area contributed by atoms with Gasteiger partial charge in [0.15, 0.2) is 5.82 Å². The Morgan fingerprint density at radius 1 is 1.26 bits per heavy atom. The Kier molecular flexibility index (Phi) is 3.74. The second kappa shape index (κ2) is 5.02. The van der Waals surface area contributed by atoms with Crippen LogP contribution in [0, 0.1) is 5.41 Å². The van der Waals surface area contributed by atoms with Crippen LogP contribution in [0.5, 0.6) is 0 Å². The number of hydrogen-bond acceptors (Lipinski definition) is 4. The Hall–Kier alpha value is -1.26. The molecule has 19 heavy (non-hydrogen) atoms. The van der Waals surface area contributed by atoms with E-state index in [1.165, 1.54) is 0 Å². The van der Waals surface area contributed by atoms with Crippen molar-refractivity contribution in [3.8, 4) is 11.5 Å². The van der Waals surface area contributed by atoms with Gasteiger partial charge in [-0.25, -0.2) is 0 Å². The first-order valence-corrected chi connectivity index (χ1v) is 6.59. The highest BCUT2D eigenvalue weighted by atomic mass is 35.5. The van der Waals surface area contributed by atoms with Crippen LogP contribution < -0.4 is 5.73 Å². The standard InChI is InChI=1S/C13H15Cl2N3O/c1-13(2,3)6-10-17-12(19-18-10)8-4-7(14)5-9(15)11(8)16/h4-5H,6,16H2,1-3H3. The predicted octanol–water partition coefficient (Wildman–Crippen LogP) is 4.21. The molecule has 1 aromatic carbocycles. The Labute approximate surface area is 121 Å². The molecule has 102 valence electrons. The molecule has 0 fully saturated rings. The summed E-state index contributed by atoms with van der Waals surface area (Å²) in [7, 11) is 0. The number of nitrogens with zero attached hydrogens (tertiary/aromatic N) is 2. The van der Waals surface area contributed by atoms with E-state index in [1.54, 1.807) is 12.1 Å². The molecule has 1 heterocycles. The van der Waals surface area contributed by atoms with Crippen LogP contribution in [0.4, 0.5) is 5.69 Å². The first-order chi connectivity index (χ1) is 8.76. The van der Waals surface area contributed by atoms with Gasteiger partial charge in [0.2, 0.25) is 0 Å². The predicted molar refractivity (Wildman–Crippen MR) is 77.3 cm³/mol. The van der Waals surface area contributed by atoms with Crippen molar-refractivity contribution in [2.24, 2.45) is 5.41 Å². The van der Waals surface area contributed by atoms with E-state index in [0.717, 1.165) is 0 Å². The van der Waals surface area contributed by atoms with Crippen LogP contribution >= 0.6 is 23.2 Å². The molecule has 6 heteroatoms. The molecule has 2 aromatic rings. The molecule has 0 aliphatic heterocycles. The maximum atomic E-state index is 5.98. The summed E-state index contributed by atoms with van der Waals surface area (Å²) >= 11 is 11.9. The van der Waals surface area contributed by atoms with Gasteiger partial charge >= 0.3 is 0 Å². The van der Waals surface area contributed by atoms with Gasteiger partial charge in [-0.2, -0.15) is 4.98 Å². The van der Waals surface area contributed by atoms with E-state index in [2.05, 4.69) is 30.9 Å². The molecule has 2 N–H and O–H groups in total. The Balaban J connectivity index is 2.38. The van der Waals surface area contributed by atoms with Gasteiger partial charge in [0.25, 0.3) is 5.89 Å².